The molecule has 0 aliphatic carbocycles. The fourth-order valence-electron chi connectivity index (χ4n) is 2.16. The number of carbonyl (C=O) groups excluding carboxylic acids is 2. The third kappa shape index (κ3) is 4.72. The second-order valence-corrected chi connectivity index (χ2v) is 7.77. The first-order valence-corrected chi connectivity index (χ1v) is 9.76. The van der Waals surface area contributed by atoms with Gasteiger partial charge in [0.05, 0.1) is 27.6 Å². The molecular weight excluding hydrogens is 388 g/mol. The molecule has 8 nitrogen and oxygen atoms in total. The predicted molar refractivity (Wildman–Crippen MR) is 104 cm³/mol. The van der Waals surface area contributed by atoms with Crippen molar-refractivity contribution in [1.82, 2.24) is 15.0 Å². The van der Waals surface area contributed by atoms with E-state index in [0.29, 0.717) is 28.0 Å². The van der Waals surface area contributed by atoms with E-state index in [-0.39, 0.29) is 11.5 Å². The van der Waals surface area contributed by atoms with Gasteiger partial charge in [-0.2, -0.15) is 0 Å². The van der Waals surface area contributed by atoms with Crippen molar-refractivity contribution in [3.63, 3.8) is 0 Å². The van der Waals surface area contributed by atoms with Gasteiger partial charge in [0.25, 0.3) is 5.56 Å². The minimum Gasteiger partial charge on any atom is -0.462 e. The highest BCUT2D eigenvalue weighted by Gasteiger charge is 2.18. The van der Waals surface area contributed by atoms with Gasteiger partial charge >= 0.3 is 5.97 Å². The van der Waals surface area contributed by atoms with E-state index >= 15 is 0 Å². The zero-order valence-corrected chi connectivity index (χ0v) is 16.1. The molecule has 0 bridgehead atoms. The Balaban J connectivity index is 1.70. The summed E-state index contributed by atoms with van der Waals surface area (Å²) in [5.41, 5.74) is 0.843. The van der Waals surface area contributed by atoms with Gasteiger partial charge in [-0.25, -0.2) is 14.8 Å². The molecule has 2 heterocycles. The Bertz CT molecular complexity index is 1050. The average molecular weight is 404 g/mol. The standard InChI is InChI=1S/C17H16N4O4S2/c1-3-25-15(24)10-4-5-11-12(8-10)27-17(19-11)21-14(23)9(2)26-16-18-7-6-13(22)20-16/h4-9H,3H2,1-2H3,(H,18,20,22)(H,19,21,23). The summed E-state index contributed by atoms with van der Waals surface area (Å²) in [5.74, 6) is -0.663. The maximum atomic E-state index is 12.4. The average Bonchev–Trinajstić information content (AvgIpc) is 3.03. The van der Waals surface area contributed by atoms with Crippen LogP contribution in [0, 0.1) is 0 Å². The normalized spacial score (nSPS) is 11.9. The predicted octanol–water partition coefficient (Wildman–Crippen LogP) is 2.68. The smallest absolute Gasteiger partial charge is 0.338 e. The van der Waals surface area contributed by atoms with E-state index in [9.17, 15) is 14.4 Å². The number of ether oxygens (including phenoxy) is 1. The second-order valence-electron chi connectivity index (χ2n) is 5.41. The van der Waals surface area contributed by atoms with Crippen LogP contribution < -0.4 is 10.9 Å². The molecule has 10 heteroatoms. The number of thioether (sulfide) groups is 1. The van der Waals surface area contributed by atoms with Crippen molar-refractivity contribution in [1.29, 1.82) is 0 Å². The molecule has 0 aliphatic heterocycles. The maximum Gasteiger partial charge on any atom is 0.338 e. The van der Waals surface area contributed by atoms with Gasteiger partial charge in [0, 0.05) is 12.3 Å². The molecule has 2 N–H and O–H groups in total. The van der Waals surface area contributed by atoms with Crippen molar-refractivity contribution in [2.75, 3.05) is 11.9 Å². The molecule has 0 aliphatic rings. The first-order valence-electron chi connectivity index (χ1n) is 8.07. The highest BCUT2D eigenvalue weighted by atomic mass is 32.2. The van der Waals surface area contributed by atoms with Crippen LogP contribution in [-0.4, -0.2) is 38.7 Å². The van der Waals surface area contributed by atoms with Crippen molar-refractivity contribution < 1.29 is 14.3 Å². The molecule has 2 aromatic heterocycles. The molecule has 1 unspecified atom stereocenters. The third-order valence-corrected chi connectivity index (χ3v) is 5.37. The minimum atomic E-state index is -0.488. The van der Waals surface area contributed by atoms with E-state index in [1.165, 1.54) is 23.6 Å². The lowest BCUT2D eigenvalue weighted by Gasteiger charge is -2.09. The Labute approximate surface area is 162 Å². The highest BCUT2D eigenvalue weighted by Crippen LogP contribution is 2.28. The summed E-state index contributed by atoms with van der Waals surface area (Å²) in [6.07, 6.45) is 1.39. The zero-order valence-electron chi connectivity index (χ0n) is 14.5. The summed E-state index contributed by atoms with van der Waals surface area (Å²) in [6, 6.07) is 6.35. The summed E-state index contributed by atoms with van der Waals surface area (Å²) in [7, 11) is 0. The molecule has 140 valence electrons. The van der Waals surface area contributed by atoms with E-state index in [2.05, 4.69) is 20.3 Å². The number of aromatic amines is 1. The number of hydrogen-bond acceptors (Lipinski definition) is 8. The number of nitrogens with zero attached hydrogens (tertiary/aromatic N) is 2. The summed E-state index contributed by atoms with van der Waals surface area (Å²) in [5, 5.41) is 3.06. The number of nitrogens with one attached hydrogen (secondary N) is 2. The van der Waals surface area contributed by atoms with Crippen LogP contribution in [0.2, 0.25) is 0 Å². The molecule has 0 saturated carbocycles. The summed E-state index contributed by atoms with van der Waals surface area (Å²) in [4.78, 5) is 46.4. The van der Waals surface area contributed by atoms with Crippen molar-refractivity contribution in [3.8, 4) is 0 Å². The van der Waals surface area contributed by atoms with Gasteiger partial charge in [-0.15, -0.1) is 0 Å². The van der Waals surface area contributed by atoms with Gasteiger partial charge in [0.2, 0.25) is 5.91 Å². The first-order chi connectivity index (χ1) is 13.0. The van der Waals surface area contributed by atoms with Crippen LogP contribution >= 0.6 is 23.1 Å². The molecule has 0 spiro atoms. The highest BCUT2D eigenvalue weighted by molar-refractivity contribution is 8.00. The lowest BCUT2D eigenvalue weighted by molar-refractivity contribution is -0.115. The molecule has 1 amide bonds. The number of esters is 1. The third-order valence-electron chi connectivity index (χ3n) is 3.44. The lowest BCUT2D eigenvalue weighted by Crippen LogP contribution is -2.23. The molecular formula is C17H16N4O4S2. The summed E-state index contributed by atoms with van der Waals surface area (Å²) < 4.78 is 5.76. The summed E-state index contributed by atoms with van der Waals surface area (Å²) in [6.45, 7) is 3.76. The number of H-pyrrole nitrogens is 1. The summed E-state index contributed by atoms with van der Waals surface area (Å²) >= 11 is 2.41. The van der Waals surface area contributed by atoms with Gasteiger partial charge in [0.1, 0.15) is 0 Å². The Morgan fingerprint density at radius 3 is 2.93 bits per heavy atom. The Hall–Kier alpha value is -2.72. The van der Waals surface area contributed by atoms with E-state index in [1.807, 2.05) is 0 Å². The number of rotatable bonds is 6. The van der Waals surface area contributed by atoms with Crippen molar-refractivity contribution in [2.45, 2.75) is 24.3 Å². The van der Waals surface area contributed by atoms with Crippen molar-refractivity contribution >= 4 is 50.3 Å². The number of amides is 1. The number of hydrogen-bond donors (Lipinski definition) is 2. The van der Waals surface area contributed by atoms with Crippen LogP contribution in [0.4, 0.5) is 5.13 Å². The number of fused-ring (bicyclic) bond motifs is 1. The van der Waals surface area contributed by atoms with Crippen LogP contribution in [0.25, 0.3) is 10.2 Å². The monoisotopic (exact) mass is 404 g/mol. The number of anilines is 1. The molecule has 3 rings (SSSR count). The molecule has 1 atom stereocenters. The topological polar surface area (TPSA) is 114 Å². The van der Waals surface area contributed by atoms with Gasteiger partial charge in [-0.05, 0) is 32.0 Å². The quantitative estimate of drug-likeness (QED) is 0.369. The van der Waals surface area contributed by atoms with E-state index < -0.39 is 11.2 Å². The van der Waals surface area contributed by atoms with Crippen LogP contribution in [0.1, 0.15) is 24.2 Å². The molecule has 3 aromatic rings. The first kappa shape index (κ1) is 19.1. The molecule has 0 saturated heterocycles. The Kier molecular flexibility index (Phi) is 5.87. The lowest BCUT2D eigenvalue weighted by atomic mass is 10.2. The van der Waals surface area contributed by atoms with Crippen LogP contribution in [-0.2, 0) is 9.53 Å². The second kappa shape index (κ2) is 8.31. The SMILES string of the molecule is CCOC(=O)c1ccc2nc(NC(=O)C(C)Sc3nccc(=O)[nH]3)sc2c1. The fraction of sp³-hybridized carbons (Fsp3) is 0.235. The number of carbonyl (C=O) groups is 2. The van der Waals surface area contributed by atoms with Gasteiger partial charge < -0.3 is 15.0 Å². The Morgan fingerprint density at radius 1 is 1.37 bits per heavy atom. The van der Waals surface area contributed by atoms with E-state index in [4.69, 9.17) is 4.74 Å². The van der Waals surface area contributed by atoms with Crippen molar-refractivity contribution in [2.24, 2.45) is 0 Å². The number of aromatic nitrogens is 3. The minimum absolute atomic E-state index is 0.267. The van der Waals surface area contributed by atoms with Crippen molar-refractivity contribution in [3.05, 3.63) is 46.4 Å². The Morgan fingerprint density at radius 2 is 2.19 bits per heavy atom. The van der Waals surface area contributed by atoms with Gasteiger partial charge in [-0.1, -0.05) is 23.1 Å². The largest absolute Gasteiger partial charge is 0.462 e. The number of benzene rings is 1. The van der Waals surface area contributed by atoms with Gasteiger partial charge in [-0.3, -0.25) is 9.59 Å². The zero-order chi connectivity index (χ0) is 19.4. The van der Waals surface area contributed by atoms with E-state index in [0.717, 1.165) is 16.5 Å². The fourth-order valence-corrected chi connectivity index (χ4v) is 3.85. The molecule has 27 heavy (non-hydrogen) atoms. The maximum absolute atomic E-state index is 12.4. The van der Waals surface area contributed by atoms with E-state index in [1.54, 1.807) is 32.0 Å². The van der Waals surface area contributed by atoms with Crippen LogP contribution in [0.15, 0.2) is 40.4 Å². The van der Waals surface area contributed by atoms with Crippen LogP contribution in [0.5, 0.6) is 0 Å². The molecule has 1 aromatic carbocycles. The van der Waals surface area contributed by atoms with Gasteiger partial charge in [0.15, 0.2) is 10.3 Å². The number of thiazole rings is 1. The van der Waals surface area contributed by atoms with Crippen LogP contribution in [0.3, 0.4) is 0 Å². The molecule has 0 radical (unpaired) electrons. The molecule has 0 fully saturated rings.